The molecular weight excluding hydrogens is 228 g/mol. The first-order valence-corrected chi connectivity index (χ1v) is 7.16. The van der Waals surface area contributed by atoms with Gasteiger partial charge in [0.15, 0.2) is 0 Å². The van der Waals surface area contributed by atoms with Gasteiger partial charge in [-0.05, 0) is 45.6 Å². The van der Waals surface area contributed by atoms with Crippen molar-refractivity contribution in [3.63, 3.8) is 0 Å². The average Bonchev–Trinajstić information content (AvgIpc) is 2.47. The maximum Gasteiger partial charge on any atom is 0.225 e. The summed E-state index contributed by atoms with van der Waals surface area (Å²) < 4.78 is 0. The first-order chi connectivity index (χ1) is 8.74. The third-order valence-corrected chi connectivity index (χ3v) is 4.53. The molecule has 102 valence electrons. The number of amides is 1. The van der Waals surface area contributed by atoms with Crippen LogP contribution in [0.2, 0.25) is 0 Å². The second-order valence-corrected chi connectivity index (χ2v) is 5.64. The van der Waals surface area contributed by atoms with Crippen molar-refractivity contribution in [2.45, 2.75) is 44.6 Å². The molecule has 2 rings (SSSR count). The van der Waals surface area contributed by atoms with E-state index in [4.69, 9.17) is 0 Å². The third kappa shape index (κ3) is 3.10. The van der Waals surface area contributed by atoms with E-state index in [0.29, 0.717) is 11.9 Å². The van der Waals surface area contributed by atoms with Crippen molar-refractivity contribution < 1.29 is 9.59 Å². The van der Waals surface area contributed by atoms with Gasteiger partial charge >= 0.3 is 0 Å². The predicted octanol–water partition coefficient (Wildman–Crippen LogP) is 1.20. The second kappa shape index (κ2) is 6.32. The molecule has 1 saturated carbocycles. The number of likely N-dealkylation sites (tertiary alicyclic amines) is 1. The van der Waals surface area contributed by atoms with Gasteiger partial charge in [-0.1, -0.05) is 0 Å². The fourth-order valence-corrected chi connectivity index (χ4v) is 3.14. The number of piperidine rings is 1. The Morgan fingerprint density at radius 3 is 2.22 bits per heavy atom. The van der Waals surface area contributed by atoms with Crippen molar-refractivity contribution in [2.75, 3.05) is 20.1 Å². The van der Waals surface area contributed by atoms with Gasteiger partial charge in [-0.15, -0.1) is 0 Å². The van der Waals surface area contributed by atoms with E-state index in [0.717, 1.165) is 57.9 Å². The van der Waals surface area contributed by atoms with Crippen molar-refractivity contribution >= 4 is 12.2 Å². The van der Waals surface area contributed by atoms with Gasteiger partial charge in [0.25, 0.3) is 0 Å². The number of aldehydes is 1. The smallest absolute Gasteiger partial charge is 0.225 e. The predicted molar refractivity (Wildman–Crippen MR) is 70.2 cm³/mol. The largest absolute Gasteiger partial charge is 0.342 e. The van der Waals surface area contributed by atoms with Crippen LogP contribution in [-0.2, 0) is 9.59 Å². The Bertz CT molecular complexity index is 290. The Morgan fingerprint density at radius 1 is 1.11 bits per heavy atom. The van der Waals surface area contributed by atoms with E-state index < -0.39 is 0 Å². The fraction of sp³-hybridized carbons (Fsp3) is 0.857. The van der Waals surface area contributed by atoms with Gasteiger partial charge < -0.3 is 15.0 Å². The van der Waals surface area contributed by atoms with Gasteiger partial charge in [0.1, 0.15) is 6.29 Å². The molecule has 4 heteroatoms. The van der Waals surface area contributed by atoms with Crippen LogP contribution in [0.15, 0.2) is 0 Å². The lowest BCUT2D eigenvalue weighted by atomic mass is 9.84. The summed E-state index contributed by atoms with van der Waals surface area (Å²) in [6, 6.07) is 0.592. The summed E-state index contributed by atoms with van der Waals surface area (Å²) in [5, 5.41) is 3.29. The van der Waals surface area contributed by atoms with E-state index in [-0.39, 0.29) is 11.8 Å². The molecule has 0 aromatic heterocycles. The monoisotopic (exact) mass is 252 g/mol. The van der Waals surface area contributed by atoms with Crippen LogP contribution < -0.4 is 5.32 Å². The maximum atomic E-state index is 12.4. The first kappa shape index (κ1) is 13.5. The number of hydrogen-bond acceptors (Lipinski definition) is 3. The van der Waals surface area contributed by atoms with Crippen LogP contribution in [0.1, 0.15) is 38.5 Å². The number of nitrogens with zero attached hydrogens (tertiary/aromatic N) is 1. The van der Waals surface area contributed by atoms with Gasteiger partial charge in [0.05, 0.1) is 0 Å². The Kier molecular flexibility index (Phi) is 4.75. The summed E-state index contributed by atoms with van der Waals surface area (Å²) in [6.45, 7) is 1.54. The summed E-state index contributed by atoms with van der Waals surface area (Å²) in [5.41, 5.74) is 0. The molecule has 0 spiro atoms. The zero-order chi connectivity index (χ0) is 13.0. The molecule has 1 saturated heterocycles. The Labute approximate surface area is 109 Å². The zero-order valence-corrected chi connectivity index (χ0v) is 11.2. The molecule has 18 heavy (non-hydrogen) atoms. The van der Waals surface area contributed by atoms with Crippen LogP contribution in [0, 0.1) is 11.8 Å². The van der Waals surface area contributed by atoms with Gasteiger partial charge in [-0.3, -0.25) is 4.79 Å². The standard InChI is InChI=1S/C14H24N2O2/c1-15-13-4-2-12(3-5-13)14(18)16-8-6-11(10-17)7-9-16/h10-13,15H,2-9H2,1H3. The SMILES string of the molecule is CNC1CCC(C(=O)N2CCC(C=O)CC2)CC1. The lowest BCUT2D eigenvalue weighted by Crippen LogP contribution is -2.44. The number of hydrogen-bond donors (Lipinski definition) is 1. The molecule has 0 atom stereocenters. The van der Waals surface area contributed by atoms with E-state index in [1.165, 1.54) is 0 Å². The second-order valence-electron chi connectivity index (χ2n) is 5.64. The van der Waals surface area contributed by atoms with Crippen LogP contribution >= 0.6 is 0 Å². The first-order valence-electron chi connectivity index (χ1n) is 7.16. The van der Waals surface area contributed by atoms with Crippen molar-refractivity contribution in [3.8, 4) is 0 Å². The maximum absolute atomic E-state index is 12.4. The summed E-state index contributed by atoms with van der Waals surface area (Å²) in [6.07, 6.45) is 6.98. The molecular formula is C14H24N2O2. The zero-order valence-electron chi connectivity index (χ0n) is 11.2. The molecule has 1 aliphatic heterocycles. The Morgan fingerprint density at radius 2 is 1.72 bits per heavy atom. The van der Waals surface area contributed by atoms with Gasteiger partial charge in [0, 0.05) is 31.0 Å². The summed E-state index contributed by atoms with van der Waals surface area (Å²) in [7, 11) is 2.00. The molecule has 1 heterocycles. The minimum atomic E-state index is 0.175. The molecule has 0 aromatic rings. The molecule has 0 aromatic carbocycles. The van der Waals surface area contributed by atoms with Crippen molar-refractivity contribution in [3.05, 3.63) is 0 Å². The van der Waals surface area contributed by atoms with Gasteiger partial charge in [0.2, 0.25) is 5.91 Å². The lowest BCUT2D eigenvalue weighted by molar-refractivity contribution is -0.138. The lowest BCUT2D eigenvalue weighted by Gasteiger charge is -2.35. The van der Waals surface area contributed by atoms with E-state index in [2.05, 4.69) is 5.32 Å². The summed E-state index contributed by atoms with van der Waals surface area (Å²) in [4.78, 5) is 25.0. The van der Waals surface area contributed by atoms with E-state index in [1.54, 1.807) is 0 Å². The molecule has 2 fully saturated rings. The number of carbonyl (C=O) groups excluding carboxylic acids is 2. The number of nitrogens with one attached hydrogen (secondary N) is 1. The average molecular weight is 252 g/mol. The highest BCUT2D eigenvalue weighted by Gasteiger charge is 2.30. The molecule has 0 radical (unpaired) electrons. The van der Waals surface area contributed by atoms with E-state index in [9.17, 15) is 9.59 Å². The van der Waals surface area contributed by atoms with E-state index >= 15 is 0 Å². The minimum Gasteiger partial charge on any atom is -0.342 e. The number of rotatable bonds is 3. The van der Waals surface area contributed by atoms with Gasteiger partial charge in [-0.2, -0.15) is 0 Å². The topological polar surface area (TPSA) is 49.4 Å². The Hall–Kier alpha value is -0.900. The molecule has 1 aliphatic carbocycles. The van der Waals surface area contributed by atoms with Crippen LogP contribution in [0.4, 0.5) is 0 Å². The Balaban J connectivity index is 1.80. The summed E-state index contributed by atoms with van der Waals surface area (Å²) >= 11 is 0. The van der Waals surface area contributed by atoms with Crippen LogP contribution in [0.25, 0.3) is 0 Å². The third-order valence-electron chi connectivity index (χ3n) is 4.53. The highest BCUT2D eigenvalue weighted by molar-refractivity contribution is 5.79. The molecule has 0 unspecified atom stereocenters. The quantitative estimate of drug-likeness (QED) is 0.768. The van der Waals surface area contributed by atoms with Crippen LogP contribution in [0.5, 0.6) is 0 Å². The van der Waals surface area contributed by atoms with Crippen LogP contribution in [0.3, 0.4) is 0 Å². The van der Waals surface area contributed by atoms with Crippen LogP contribution in [-0.4, -0.2) is 43.3 Å². The van der Waals surface area contributed by atoms with Crippen molar-refractivity contribution in [1.29, 1.82) is 0 Å². The molecule has 1 amide bonds. The molecule has 0 bridgehead atoms. The molecule has 2 aliphatic rings. The highest BCUT2D eigenvalue weighted by Crippen LogP contribution is 2.27. The minimum absolute atomic E-state index is 0.175. The van der Waals surface area contributed by atoms with E-state index in [1.807, 2.05) is 11.9 Å². The van der Waals surface area contributed by atoms with Gasteiger partial charge in [-0.25, -0.2) is 0 Å². The number of carbonyl (C=O) groups is 2. The van der Waals surface area contributed by atoms with Crippen molar-refractivity contribution in [2.24, 2.45) is 11.8 Å². The highest BCUT2D eigenvalue weighted by atomic mass is 16.2. The molecule has 4 nitrogen and oxygen atoms in total. The molecule has 1 N–H and O–H groups in total. The summed E-state index contributed by atoms with van der Waals surface area (Å²) in [5.74, 6) is 0.727. The fourth-order valence-electron chi connectivity index (χ4n) is 3.14. The normalized spacial score (nSPS) is 30.2. The van der Waals surface area contributed by atoms with Crippen molar-refractivity contribution in [1.82, 2.24) is 10.2 Å².